The van der Waals surface area contributed by atoms with Crippen LogP contribution in [0.3, 0.4) is 0 Å². The van der Waals surface area contributed by atoms with Gasteiger partial charge in [0.05, 0.1) is 24.3 Å². The average molecular weight is 286 g/mol. The Morgan fingerprint density at radius 2 is 2.24 bits per heavy atom. The van der Waals surface area contributed by atoms with Crippen molar-refractivity contribution in [3.63, 3.8) is 0 Å². The summed E-state index contributed by atoms with van der Waals surface area (Å²) in [6.45, 7) is 1.89. The summed E-state index contributed by atoms with van der Waals surface area (Å²) in [7, 11) is 1.27. The van der Waals surface area contributed by atoms with E-state index in [1.165, 1.54) is 12.0 Å². The van der Waals surface area contributed by atoms with Crippen molar-refractivity contribution in [2.45, 2.75) is 25.0 Å². The number of amides is 1. The molecule has 3 rings (SSSR count). The van der Waals surface area contributed by atoms with Crippen molar-refractivity contribution in [3.8, 4) is 6.07 Å². The summed E-state index contributed by atoms with van der Waals surface area (Å²) in [5.41, 5.74) is 0.570. The summed E-state index contributed by atoms with van der Waals surface area (Å²) in [5, 5.41) is 9.40. The molecule has 0 radical (unpaired) electrons. The summed E-state index contributed by atoms with van der Waals surface area (Å²) in [4.78, 5) is 25.5. The largest absolute Gasteiger partial charge is 0.452 e. The molecule has 0 saturated carbocycles. The van der Waals surface area contributed by atoms with Gasteiger partial charge in [-0.2, -0.15) is 5.26 Å². The van der Waals surface area contributed by atoms with Crippen LogP contribution in [0.4, 0.5) is 10.5 Å². The van der Waals surface area contributed by atoms with Gasteiger partial charge in [-0.1, -0.05) is 25.1 Å². The number of hydrogen-bond donors (Lipinski definition) is 0. The van der Waals surface area contributed by atoms with Crippen LogP contribution < -0.4 is 4.90 Å². The van der Waals surface area contributed by atoms with Crippen LogP contribution in [0.25, 0.3) is 0 Å². The minimum Gasteiger partial charge on any atom is -0.452 e. The number of carbonyl (C=O) groups excluding carboxylic acids is 2. The van der Waals surface area contributed by atoms with E-state index in [9.17, 15) is 14.9 Å². The van der Waals surface area contributed by atoms with Gasteiger partial charge < -0.3 is 9.47 Å². The first-order valence-corrected chi connectivity index (χ1v) is 6.68. The van der Waals surface area contributed by atoms with Gasteiger partial charge in [0.15, 0.2) is 12.1 Å². The zero-order chi connectivity index (χ0) is 15.2. The fourth-order valence-electron chi connectivity index (χ4n) is 3.44. The van der Waals surface area contributed by atoms with Gasteiger partial charge in [0, 0.05) is 0 Å². The number of anilines is 1. The normalized spacial score (nSPS) is 29.4. The van der Waals surface area contributed by atoms with Gasteiger partial charge >= 0.3 is 12.1 Å². The van der Waals surface area contributed by atoms with Gasteiger partial charge in [0.2, 0.25) is 0 Å². The summed E-state index contributed by atoms with van der Waals surface area (Å²) in [5.74, 6) is -1.52. The van der Waals surface area contributed by atoms with Crippen LogP contribution in [0.15, 0.2) is 24.3 Å². The number of ether oxygens (including phenoxy) is 2. The molecule has 1 aromatic rings. The van der Waals surface area contributed by atoms with E-state index in [2.05, 4.69) is 0 Å². The van der Waals surface area contributed by atoms with Crippen LogP contribution >= 0.6 is 0 Å². The Morgan fingerprint density at radius 1 is 1.52 bits per heavy atom. The molecule has 6 heteroatoms. The lowest BCUT2D eigenvalue weighted by molar-refractivity contribution is -0.142. The molecule has 6 nitrogen and oxygen atoms in total. The van der Waals surface area contributed by atoms with Crippen molar-refractivity contribution in [1.29, 1.82) is 5.26 Å². The maximum Gasteiger partial charge on any atom is 0.417 e. The first kappa shape index (κ1) is 13.4. The Balaban J connectivity index is 2.26. The van der Waals surface area contributed by atoms with Crippen LogP contribution in [0, 0.1) is 17.2 Å². The zero-order valence-electron chi connectivity index (χ0n) is 11.7. The predicted molar refractivity (Wildman–Crippen MR) is 72.3 cm³/mol. The summed E-state index contributed by atoms with van der Waals surface area (Å²) >= 11 is 0. The minimum atomic E-state index is -0.927. The molecule has 108 valence electrons. The first-order valence-electron chi connectivity index (χ1n) is 6.68. The number of para-hydroxylation sites is 1. The Kier molecular flexibility index (Phi) is 2.87. The molecule has 1 aromatic carbocycles. The molecule has 2 heterocycles. The topological polar surface area (TPSA) is 79.6 Å². The monoisotopic (exact) mass is 286 g/mol. The van der Waals surface area contributed by atoms with Gasteiger partial charge in [-0.05, 0) is 18.1 Å². The fraction of sp³-hybridized carbons (Fsp3) is 0.400. The van der Waals surface area contributed by atoms with Crippen LogP contribution in [-0.2, 0) is 19.7 Å². The molecule has 21 heavy (non-hydrogen) atoms. The molecule has 1 unspecified atom stereocenters. The smallest absolute Gasteiger partial charge is 0.417 e. The van der Waals surface area contributed by atoms with E-state index in [1.54, 1.807) is 12.1 Å². The summed E-state index contributed by atoms with van der Waals surface area (Å²) in [6.07, 6.45) is -0.926. The zero-order valence-corrected chi connectivity index (χ0v) is 11.7. The van der Waals surface area contributed by atoms with Crippen molar-refractivity contribution >= 4 is 17.7 Å². The molecular formula is C15H14N2O4. The number of benzene rings is 1. The molecule has 0 bridgehead atoms. The molecule has 0 aliphatic carbocycles. The number of carbonyl (C=O) groups is 2. The molecule has 1 amide bonds. The number of fused-ring (bicyclic) bond motifs is 3. The Bertz CT molecular complexity index is 666. The van der Waals surface area contributed by atoms with Gasteiger partial charge in [-0.3, -0.25) is 4.79 Å². The molecule has 3 atom stereocenters. The Hall–Kier alpha value is -2.55. The highest BCUT2D eigenvalue weighted by Gasteiger charge is 2.66. The highest BCUT2D eigenvalue weighted by molar-refractivity contribution is 5.96. The SMILES string of the molecule is CC[C@]12c3ccccc3N(C(=O)OC)[C@H]1OC(=O)C2C#N. The molecule has 1 fully saturated rings. The summed E-state index contributed by atoms with van der Waals surface area (Å²) in [6, 6.07) is 9.26. The lowest BCUT2D eigenvalue weighted by atomic mass is 9.70. The van der Waals surface area contributed by atoms with Crippen LogP contribution in [0.5, 0.6) is 0 Å². The summed E-state index contributed by atoms with van der Waals surface area (Å²) < 4.78 is 10.2. The van der Waals surface area contributed by atoms with Crippen molar-refractivity contribution < 1.29 is 19.1 Å². The molecule has 2 aliphatic rings. The average Bonchev–Trinajstić information content (AvgIpc) is 2.94. The first-order chi connectivity index (χ1) is 10.1. The van der Waals surface area contributed by atoms with E-state index >= 15 is 0 Å². The minimum absolute atomic E-state index is 0.506. The van der Waals surface area contributed by atoms with Crippen molar-refractivity contribution in [3.05, 3.63) is 29.8 Å². The van der Waals surface area contributed by atoms with Crippen LogP contribution in [0.1, 0.15) is 18.9 Å². The number of nitrogens with zero attached hydrogens (tertiary/aromatic N) is 2. The quantitative estimate of drug-likeness (QED) is 0.737. The lowest BCUT2D eigenvalue weighted by Gasteiger charge is -2.29. The van der Waals surface area contributed by atoms with E-state index in [-0.39, 0.29) is 0 Å². The molecular weight excluding hydrogens is 272 g/mol. The molecule has 0 spiro atoms. The maximum absolute atomic E-state index is 12.1. The second-order valence-electron chi connectivity index (χ2n) is 5.10. The van der Waals surface area contributed by atoms with Crippen LogP contribution in [-0.4, -0.2) is 25.4 Å². The van der Waals surface area contributed by atoms with E-state index in [1.807, 2.05) is 25.1 Å². The lowest BCUT2D eigenvalue weighted by Crippen LogP contribution is -2.46. The van der Waals surface area contributed by atoms with Crippen molar-refractivity contribution in [2.75, 3.05) is 12.0 Å². The third-order valence-corrected chi connectivity index (χ3v) is 4.40. The van der Waals surface area contributed by atoms with Crippen molar-refractivity contribution in [1.82, 2.24) is 0 Å². The number of nitriles is 1. The predicted octanol–water partition coefficient (Wildman–Crippen LogP) is 1.94. The second kappa shape index (κ2) is 4.48. The number of rotatable bonds is 1. The van der Waals surface area contributed by atoms with Gasteiger partial charge in [0.25, 0.3) is 0 Å². The standard InChI is InChI=1S/C15H14N2O4/c1-3-15-9-6-4-5-7-11(9)17(14(19)20-2)13(15)21-12(18)10(15)8-16/h4-7,10,13H,3H2,1-2H3/t10?,13-,15+/m0/s1. The molecule has 1 saturated heterocycles. The number of hydrogen-bond acceptors (Lipinski definition) is 5. The van der Waals surface area contributed by atoms with E-state index in [4.69, 9.17) is 9.47 Å². The molecule has 0 aromatic heterocycles. The van der Waals surface area contributed by atoms with Crippen molar-refractivity contribution in [2.24, 2.45) is 5.92 Å². The molecule has 0 N–H and O–H groups in total. The Labute approximate surface area is 121 Å². The number of esters is 1. The highest BCUT2D eigenvalue weighted by atomic mass is 16.6. The molecule has 2 aliphatic heterocycles. The maximum atomic E-state index is 12.1. The van der Waals surface area contributed by atoms with Gasteiger partial charge in [0.1, 0.15) is 0 Å². The third kappa shape index (κ3) is 1.46. The van der Waals surface area contributed by atoms with Crippen LogP contribution in [0.2, 0.25) is 0 Å². The number of methoxy groups -OCH3 is 1. The third-order valence-electron chi connectivity index (χ3n) is 4.40. The second-order valence-corrected chi connectivity index (χ2v) is 5.10. The van der Waals surface area contributed by atoms with E-state index in [0.717, 1.165) is 5.56 Å². The Morgan fingerprint density at radius 3 is 2.86 bits per heavy atom. The highest BCUT2D eigenvalue weighted by Crippen LogP contribution is 2.55. The van der Waals surface area contributed by atoms with E-state index in [0.29, 0.717) is 12.1 Å². The van der Waals surface area contributed by atoms with Gasteiger partial charge in [-0.25, -0.2) is 9.69 Å². The van der Waals surface area contributed by atoms with Gasteiger partial charge in [-0.15, -0.1) is 0 Å². The van der Waals surface area contributed by atoms with E-state index < -0.39 is 29.6 Å². The fourth-order valence-corrected chi connectivity index (χ4v) is 3.44.